The molecule has 59 heavy (non-hydrogen) atoms. The number of imide groups is 2. The number of nitrogens with one attached hydrogen (secondary N) is 2. The van der Waals surface area contributed by atoms with Crippen molar-refractivity contribution >= 4 is 35.2 Å². The van der Waals surface area contributed by atoms with Crippen LogP contribution in [0.5, 0.6) is 5.75 Å². The molecule has 3 aromatic rings. The summed E-state index contributed by atoms with van der Waals surface area (Å²) in [5.74, 6) is -0.603. The smallest absolute Gasteiger partial charge is 0.262 e. The topological polar surface area (TPSA) is 152 Å². The largest absolute Gasteiger partial charge is 0.489 e. The number of anilines is 1. The molecule has 306 valence electrons. The first-order chi connectivity index (χ1) is 28.1. The Morgan fingerprint density at radius 1 is 0.881 bits per heavy atom. The lowest BCUT2D eigenvalue weighted by molar-refractivity contribution is -0.164. The van der Waals surface area contributed by atoms with Gasteiger partial charge in [0, 0.05) is 72.7 Å². The summed E-state index contributed by atoms with van der Waals surface area (Å²) in [6.07, 6.45) is 4.10. The number of carbonyl (C=O) groups excluding carboxylic acids is 5. The molecule has 12 heteroatoms. The number of nitrogens with zero attached hydrogens (tertiary/aromatic N) is 4. The standard InChI is InChI=1S/C47H52N6O6/c1-27-18-34(11-8-30(27)23-48)59-44-45(2,3)43(46(44,4)5)50-39(55)29-6-9-33(10-7-29)52-16-14-28(15-17-52)24-51-25-47(26-51)21-31-19-35-36(20-32(31)22-47)42(58)53(41(35)57)37-12-13-38(54)49-40(37)56/h6-11,18-20,28,37,43-44H,12-17,21-22,24-26H2,1-5H3,(H,50,55)(H,49,54,56)/t37?,43-,44-. The summed E-state index contributed by atoms with van der Waals surface area (Å²) in [6, 6.07) is 18.4. The molecule has 2 N–H and O–H groups in total. The molecule has 5 amide bonds. The van der Waals surface area contributed by atoms with Crippen LogP contribution in [0.4, 0.5) is 5.69 Å². The van der Waals surface area contributed by atoms with Gasteiger partial charge in [-0.05, 0) is 116 Å². The van der Waals surface area contributed by atoms with Gasteiger partial charge in [-0.2, -0.15) is 5.26 Å². The summed E-state index contributed by atoms with van der Waals surface area (Å²) < 4.78 is 6.47. The molecule has 1 atom stereocenters. The van der Waals surface area contributed by atoms with Gasteiger partial charge in [0.05, 0.1) is 22.8 Å². The van der Waals surface area contributed by atoms with Crippen molar-refractivity contribution in [3.05, 3.63) is 93.5 Å². The fraction of sp³-hybridized carbons (Fsp3) is 0.489. The molecule has 4 heterocycles. The molecular formula is C47H52N6O6. The quantitative estimate of drug-likeness (QED) is 0.293. The number of rotatable bonds is 8. The first-order valence-corrected chi connectivity index (χ1v) is 21.0. The molecule has 1 spiro atoms. The molecule has 4 aliphatic heterocycles. The van der Waals surface area contributed by atoms with Crippen LogP contribution >= 0.6 is 0 Å². The average Bonchev–Trinajstić information content (AvgIpc) is 3.68. The number of amides is 5. The van der Waals surface area contributed by atoms with Crippen LogP contribution in [0.3, 0.4) is 0 Å². The van der Waals surface area contributed by atoms with Crippen molar-refractivity contribution in [1.82, 2.24) is 20.4 Å². The van der Waals surface area contributed by atoms with E-state index in [0.29, 0.717) is 28.2 Å². The van der Waals surface area contributed by atoms with Crippen LogP contribution in [-0.2, 0) is 22.4 Å². The van der Waals surface area contributed by atoms with Gasteiger partial charge in [0.25, 0.3) is 17.7 Å². The van der Waals surface area contributed by atoms with E-state index in [1.807, 2.05) is 43.3 Å². The van der Waals surface area contributed by atoms with E-state index in [9.17, 15) is 29.2 Å². The van der Waals surface area contributed by atoms with Gasteiger partial charge in [0.1, 0.15) is 17.9 Å². The molecule has 3 saturated heterocycles. The van der Waals surface area contributed by atoms with Crippen molar-refractivity contribution in [2.24, 2.45) is 22.2 Å². The minimum atomic E-state index is -0.950. The Kier molecular flexibility index (Phi) is 9.27. The maximum absolute atomic E-state index is 13.5. The highest BCUT2D eigenvalue weighted by Gasteiger charge is 2.64. The number of fused-ring (bicyclic) bond motifs is 2. The molecule has 3 aromatic carbocycles. The van der Waals surface area contributed by atoms with Gasteiger partial charge in [0.2, 0.25) is 11.8 Å². The first kappa shape index (κ1) is 38.9. The minimum Gasteiger partial charge on any atom is -0.489 e. The first-order valence-electron chi connectivity index (χ1n) is 21.0. The molecule has 12 nitrogen and oxygen atoms in total. The molecule has 0 radical (unpaired) electrons. The number of hydrogen-bond donors (Lipinski definition) is 2. The zero-order chi connectivity index (χ0) is 41.6. The maximum atomic E-state index is 13.5. The summed E-state index contributed by atoms with van der Waals surface area (Å²) in [6.45, 7) is 15.4. The number of aryl methyl sites for hydroxylation is 1. The van der Waals surface area contributed by atoms with E-state index in [2.05, 4.69) is 66.3 Å². The van der Waals surface area contributed by atoms with E-state index in [0.717, 1.165) is 91.4 Å². The lowest BCUT2D eigenvalue weighted by atomic mass is 9.49. The fourth-order valence-electron chi connectivity index (χ4n) is 11.6. The summed E-state index contributed by atoms with van der Waals surface area (Å²) in [4.78, 5) is 70.4. The predicted octanol–water partition coefficient (Wildman–Crippen LogP) is 5.20. The van der Waals surface area contributed by atoms with Gasteiger partial charge in [-0.1, -0.05) is 27.7 Å². The fourth-order valence-corrected chi connectivity index (χ4v) is 11.6. The molecular weight excluding hydrogens is 745 g/mol. The highest BCUT2D eigenvalue weighted by molar-refractivity contribution is 6.23. The zero-order valence-electron chi connectivity index (χ0n) is 34.5. The van der Waals surface area contributed by atoms with Gasteiger partial charge in [-0.25, -0.2) is 0 Å². The zero-order valence-corrected chi connectivity index (χ0v) is 34.5. The Hall–Kier alpha value is -5.54. The van der Waals surface area contributed by atoms with Crippen molar-refractivity contribution in [2.45, 2.75) is 91.3 Å². The van der Waals surface area contributed by atoms with Gasteiger partial charge in [-0.15, -0.1) is 0 Å². The lowest BCUT2D eigenvalue weighted by Crippen LogP contribution is -2.74. The van der Waals surface area contributed by atoms with Crippen molar-refractivity contribution < 1.29 is 28.7 Å². The van der Waals surface area contributed by atoms with E-state index < -0.39 is 23.8 Å². The number of hydrogen-bond acceptors (Lipinski definition) is 9. The maximum Gasteiger partial charge on any atom is 0.262 e. The van der Waals surface area contributed by atoms with E-state index in [4.69, 9.17) is 4.74 Å². The van der Waals surface area contributed by atoms with Crippen LogP contribution < -0.4 is 20.3 Å². The number of nitriles is 1. The van der Waals surface area contributed by atoms with Gasteiger partial charge in [0.15, 0.2) is 0 Å². The molecule has 1 saturated carbocycles. The number of piperidine rings is 2. The Morgan fingerprint density at radius 2 is 1.51 bits per heavy atom. The van der Waals surface area contributed by atoms with E-state index in [-0.39, 0.29) is 53.0 Å². The lowest BCUT2D eigenvalue weighted by Gasteiger charge is -2.63. The normalized spacial score (nSPS) is 25.5. The van der Waals surface area contributed by atoms with Crippen LogP contribution in [0.1, 0.15) is 107 Å². The second kappa shape index (κ2) is 14.0. The molecule has 6 aliphatic rings. The molecule has 0 bridgehead atoms. The third-order valence-corrected chi connectivity index (χ3v) is 14.3. The molecule has 1 unspecified atom stereocenters. The van der Waals surface area contributed by atoms with Crippen molar-refractivity contribution in [2.75, 3.05) is 37.6 Å². The van der Waals surface area contributed by atoms with Crippen molar-refractivity contribution in [3.8, 4) is 11.8 Å². The van der Waals surface area contributed by atoms with Gasteiger partial charge >= 0.3 is 0 Å². The van der Waals surface area contributed by atoms with Gasteiger partial charge < -0.3 is 19.9 Å². The average molecular weight is 797 g/mol. The third-order valence-electron chi connectivity index (χ3n) is 14.3. The predicted molar refractivity (Wildman–Crippen MR) is 220 cm³/mol. The van der Waals surface area contributed by atoms with Gasteiger partial charge in [-0.3, -0.25) is 34.2 Å². The summed E-state index contributed by atoms with van der Waals surface area (Å²) in [5.41, 5.74) is 5.79. The molecule has 0 aromatic heterocycles. The number of ether oxygens (including phenoxy) is 1. The summed E-state index contributed by atoms with van der Waals surface area (Å²) in [5, 5.41) is 14.9. The van der Waals surface area contributed by atoms with E-state index in [1.54, 1.807) is 6.07 Å². The minimum absolute atomic E-state index is 0.0887. The molecule has 4 fully saturated rings. The second-order valence-corrected chi connectivity index (χ2v) is 19.2. The Bertz CT molecular complexity index is 2270. The third kappa shape index (κ3) is 6.58. The van der Waals surface area contributed by atoms with Crippen molar-refractivity contribution in [1.29, 1.82) is 5.26 Å². The second-order valence-electron chi connectivity index (χ2n) is 19.2. The van der Waals surface area contributed by atoms with Crippen LogP contribution in [0, 0.1) is 40.4 Å². The van der Waals surface area contributed by atoms with Crippen LogP contribution in [0.15, 0.2) is 54.6 Å². The monoisotopic (exact) mass is 796 g/mol. The van der Waals surface area contributed by atoms with Crippen LogP contribution in [-0.4, -0.2) is 90.2 Å². The number of benzene rings is 3. The summed E-state index contributed by atoms with van der Waals surface area (Å²) in [7, 11) is 0. The SMILES string of the molecule is Cc1cc(O[C@H]2C(C)(C)[C@H](NC(=O)c3ccc(N4CCC(CN5CC6(Cc7cc8c(cc7C6)C(=O)N(C6CCC(=O)NC6=O)C8=O)C5)CC4)cc3)C2(C)C)ccc1C#N. The number of likely N-dealkylation sites (tertiary alicyclic amines) is 1. The van der Waals surface area contributed by atoms with Crippen molar-refractivity contribution in [3.63, 3.8) is 0 Å². The Labute approximate surface area is 345 Å². The van der Waals surface area contributed by atoms with Crippen LogP contribution in [0.2, 0.25) is 0 Å². The highest BCUT2D eigenvalue weighted by atomic mass is 16.5. The Morgan fingerprint density at radius 3 is 2.08 bits per heavy atom. The highest BCUT2D eigenvalue weighted by Crippen LogP contribution is 2.55. The van der Waals surface area contributed by atoms with Crippen LogP contribution in [0.25, 0.3) is 0 Å². The number of carbonyl (C=O) groups is 5. The van der Waals surface area contributed by atoms with E-state index in [1.165, 1.54) is 0 Å². The summed E-state index contributed by atoms with van der Waals surface area (Å²) >= 11 is 0. The van der Waals surface area contributed by atoms with E-state index >= 15 is 0 Å². The molecule has 9 rings (SSSR count). The molecule has 2 aliphatic carbocycles. The Balaban J connectivity index is 0.738.